The largest absolute Gasteiger partial charge is 0.490 e. The molecule has 0 bridgehead atoms. The van der Waals surface area contributed by atoms with E-state index in [1.807, 2.05) is 4.90 Å². The third-order valence-electron chi connectivity index (χ3n) is 4.86. The lowest BCUT2D eigenvalue weighted by molar-refractivity contribution is -0.385. The number of nitrogens with one attached hydrogen (secondary N) is 1. The molecule has 1 heterocycles. The second-order valence-corrected chi connectivity index (χ2v) is 6.65. The molecule has 10 heteroatoms. The maximum absolute atomic E-state index is 13.9. The van der Waals surface area contributed by atoms with Crippen molar-refractivity contribution in [3.63, 3.8) is 0 Å². The van der Waals surface area contributed by atoms with Gasteiger partial charge < -0.3 is 19.9 Å². The molecule has 1 aliphatic heterocycles. The molecule has 1 aliphatic rings. The van der Waals surface area contributed by atoms with E-state index in [4.69, 9.17) is 4.74 Å². The predicted octanol–water partition coefficient (Wildman–Crippen LogP) is 1.82. The van der Waals surface area contributed by atoms with Crippen molar-refractivity contribution in [3.05, 3.63) is 64.0 Å². The number of nitro benzene ring substituents is 1. The van der Waals surface area contributed by atoms with Crippen LogP contribution in [0.5, 0.6) is 5.75 Å². The summed E-state index contributed by atoms with van der Waals surface area (Å²) >= 11 is 0. The van der Waals surface area contributed by atoms with Crippen LogP contribution < -0.4 is 15.0 Å². The SMILES string of the molecule is COc1ccc(C(=O)NCC(=O)N2CCN(c3ccccc3F)CC2)cc1[N+](=O)[O-]. The number of carbonyl (C=O) groups is 2. The molecule has 0 atom stereocenters. The van der Waals surface area contributed by atoms with Crippen LogP contribution in [0, 0.1) is 15.9 Å². The number of halogens is 1. The monoisotopic (exact) mass is 416 g/mol. The summed E-state index contributed by atoms with van der Waals surface area (Å²) in [7, 11) is 1.30. The van der Waals surface area contributed by atoms with Crippen molar-refractivity contribution in [1.29, 1.82) is 0 Å². The number of anilines is 1. The number of piperazine rings is 1. The molecule has 0 radical (unpaired) electrons. The molecular weight excluding hydrogens is 395 g/mol. The third kappa shape index (κ3) is 4.65. The smallest absolute Gasteiger partial charge is 0.311 e. The molecule has 9 nitrogen and oxygen atoms in total. The van der Waals surface area contributed by atoms with Crippen LogP contribution in [-0.4, -0.2) is 61.5 Å². The number of ether oxygens (including phenoxy) is 1. The number of methoxy groups -OCH3 is 1. The van der Waals surface area contributed by atoms with Gasteiger partial charge >= 0.3 is 5.69 Å². The van der Waals surface area contributed by atoms with Gasteiger partial charge in [-0.25, -0.2) is 4.39 Å². The normalized spacial score (nSPS) is 13.7. The van der Waals surface area contributed by atoms with Gasteiger partial charge in [0.2, 0.25) is 5.91 Å². The quantitative estimate of drug-likeness (QED) is 0.569. The van der Waals surface area contributed by atoms with E-state index in [1.165, 1.54) is 25.3 Å². The zero-order valence-corrected chi connectivity index (χ0v) is 16.3. The summed E-state index contributed by atoms with van der Waals surface area (Å²) in [5.74, 6) is -1.14. The lowest BCUT2D eigenvalue weighted by Crippen LogP contribution is -2.51. The van der Waals surface area contributed by atoms with Crippen molar-refractivity contribution in [2.75, 3.05) is 44.7 Å². The maximum atomic E-state index is 13.9. The summed E-state index contributed by atoms with van der Waals surface area (Å²) in [6, 6.07) is 10.3. The molecule has 0 aromatic heterocycles. The van der Waals surface area contributed by atoms with E-state index < -0.39 is 10.8 Å². The van der Waals surface area contributed by atoms with Gasteiger partial charge in [0.25, 0.3) is 5.91 Å². The molecule has 0 saturated carbocycles. The summed E-state index contributed by atoms with van der Waals surface area (Å²) in [5, 5.41) is 13.6. The Bertz CT molecular complexity index is 960. The Morgan fingerprint density at radius 2 is 1.87 bits per heavy atom. The Morgan fingerprint density at radius 3 is 2.50 bits per heavy atom. The van der Waals surface area contributed by atoms with Gasteiger partial charge in [-0.15, -0.1) is 0 Å². The van der Waals surface area contributed by atoms with E-state index in [9.17, 15) is 24.1 Å². The average molecular weight is 416 g/mol. The minimum Gasteiger partial charge on any atom is -0.490 e. The molecule has 3 rings (SSSR count). The van der Waals surface area contributed by atoms with Gasteiger partial charge in [0.15, 0.2) is 5.75 Å². The number of rotatable bonds is 6. The number of hydrogen-bond acceptors (Lipinski definition) is 6. The second-order valence-electron chi connectivity index (χ2n) is 6.65. The number of para-hydroxylation sites is 1. The van der Waals surface area contributed by atoms with Crippen LogP contribution in [0.1, 0.15) is 10.4 Å². The lowest BCUT2D eigenvalue weighted by atomic mass is 10.1. The molecule has 158 valence electrons. The molecule has 30 heavy (non-hydrogen) atoms. The summed E-state index contributed by atoms with van der Waals surface area (Å²) < 4.78 is 18.8. The third-order valence-corrected chi connectivity index (χ3v) is 4.86. The van der Waals surface area contributed by atoms with Crippen molar-refractivity contribution in [1.82, 2.24) is 10.2 Å². The second kappa shape index (κ2) is 9.21. The van der Waals surface area contributed by atoms with Gasteiger partial charge in [0, 0.05) is 37.8 Å². The molecule has 1 saturated heterocycles. The van der Waals surface area contributed by atoms with E-state index in [0.717, 1.165) is 6.07 Å². The Labute approximate surface area is 172 Å². The first-order valence-corrected chi connectivity index (χ1v) is 9.28. The van der Waals surface area contributed by atoms with Crippen LogP contribution in [0.25, 0.3) is 0 Å². The molecule has 2 amide bonds. The highest BCUT2D eigenvalue weighted by Crippen LogP contribution is 2.27. The van der Waals surface area contributed by atoms with Crippen molar-refractivity contribution >= 4 is 23.2 Å². The van der Waals surface area contributed by atoms with Crippen molar-refractivity contribution < 1.29 is 23.6 Å². The Hall–Kier alpha value is -3.69. The molecule has 0 spiro atoms. The van der Waals surface area contributed by atoms with Gasteiger partial charge in [-0.05, 0) is 24.3 Å². The fourth-order valence-corrected chi connectivity index (χ4v) is 3.25. The zero-order valence-electron chi connectivity index (χ0n) is 16.3. The van der Waals surface area contributed by atoms with Gasteiger partial charge in [-0.1, -0.05) is 12.1 Å². The number of nitro groups is 1. The van der Waals surface area contributed by atoms with E-state index in [2.05, 4.69) is 5.32 Å². The van der Waals surface area contributed by atoms with Crippen molar-refractivity contribution in [3.8, 4) is 5.75 Å². The van der Waals surface area contributed by atoms with E-state index >= 15 is 0 Å². The van der Waals surface area contributed by atoms with Crippen LogP contribution in [0.3, 0.4) is 0 Å². The molecule has 0 unspecified atom stereocenters. The summed E-state index contributed by atoms with van der Waals surface area (Å²) in [6.07, 6.45) is 0. The first kappa shape index (κ1) is 21.0. The minimum absolute atomic E-state index is 0.0420. The predicted molar refractivity (Wildman–Crippen MR) is 107 cm³/mol. The number of carbonyl (C=O) groups excluding carboxylic acids is 2. The Kier molecular flexibility index (Phi) is 6.45. The van der Waals surface area contributed by atoms with Gasteiger partial charge in [-0.2, -0.15) is 0 Å². The molecule has 2 aromatic carbocycles. The van der Waals surface area contributed by atoms with Crippen molar-refractivity contribution in [2.24, 2.45) is 0 Å². The zero-order chi connectivity index (χ0) is 21.7. The number of benzene rings is 2. The summed E-state index contributed by atoms with van der Waals surface area (Å²) in [6.45, 7) is 1.52. The summed E-state index contributed by atoms with van der Waals surface area (Å²) in [5.41, 5.74) is 0.222. The number of hydrogen-bond donors (Lipinski definition) is 1. The number of nitrogens with zero attached hydrogens (tertiary/aromatic N) is 3. The van der Waals surface area contributed by atoms with E-state index in [0.29, 0.717) is 31.9 Å². The van der Waals surface area contributed by atoms with Gasteiger partial charge in [0.1, 0.15) is 5.82 Å². The molecule has 2 aromatic rings. The standard InChI is InChI=1S/C20H21FN4O5/c1-30-18-7-6-14(12-17(18)25(28)29)20(27)22-13-19(26)24-10-8-23(9-11-24)16-5-3-2-4-15(16)21/h2-7,12H,8-11,13H2,1H3,(H,22,27). The van der Waals surface area contributed by atoms with Crippen LogP contribution in [0.2, 0.25) is 0 Å². The molecular formula is C20H21FN4O5. The first-order valence-electron chi connectivity index (χ1n) is 9.28. The van der Waals surface area contributed by atoms with Gasteiger partial charge in [0.05, 0.1) is 24.3 Å². The van der Waals surface area contributed by atoms with Crippen LogP contribution in [0.15, 0.2) is 42.5 Å². The van der Waals surface area contributed by atoms with Crippen molar-refractivity contribution in [2.45, 2.75) is 0 Å². The van der Waals surface area contributed by atoms with E-state index in [-0.39, 0.29) is 35.3 Å². The topological polar surface area (TPSA) is 105 Å². The van der Waals surface area contributed by atoms with Crippen LogP contribution in [-0.2, 0) is 4.79 Å². The molecule has 1 fully saturated rings. The highest BCUT2D eigenvalue weighted by Gasteiger charge is 2.23. The fraction of sp³-hybridized carbons (Fsp3) is 0.300. The highest BCUT2D eigenvalue weighted by molar-refractivity contribution is 5.97. The lowest BCUT2D eigenvalue weighted by Gasteiger charge is -2.36. The Morgan fingerprint density at radius 1 is 1.17 bits per heavy atom. The molecule has 1 N–H and O–H groups in total. The number of amides is 2. The van der Waals surface area contributed by atoms with Gasteiger partial charge in [-0.3, -0.25) is 19.7 Å². The fourth-order valence-electron chi connectivity index (χ4n) is 3.25. The first-order chi connectivity index (χ1) is 14.4. The van der Waals surface area contributed by atoms with E-state index in [1.54, 1.807) is 23.1 Å². The van der Waals surface area contributed by atoms with Crippen LogP contribution in [0.4, 0.5) is 15.8 Å². The molecule has 0 aliphatic carbocycles. The minimum atomic E-state index is -0.643. The maximum Gasteiger partial charge on any atom is 0.311 e. The Balaban J connectivity index is 1.54. The van der Waals surface area contributed by atoms with Crippen LogP contribution >= 0.6 is 0 Å². The highest BCUT2D eigenvalue weighted by atomic mass is 19.1. The summed E-state index contributed by atoms with van der Waals surface area (Å²) in [4.78, 5) is 38.6. The average Bonchev–Trinajstić information content (AvgIpc) is 2.77.